The van der Waals surface area contributed by atoms with Gasteiger partial charge in [0, 0.05) is 6.54 Å². The molecule has 2 aliphatic heterocycles. The number of esters is 1. The van der Waals surface area contributed by atoms with Gasteiger partial charge in [0.25, 0.3) is 0 Å². The van der Waals surface area contributed by atoms with Crippen LogP contribution in [0.5, 0.6) is 5.75 Å². The first kappa shape index (κ1) is 17.2. The lowest BCUT2D eigenvalue weighted by Crippen LogP contribution is -2.48. The summed E-state index contributed by atoms with van der Waals surface area (Å²) in [7, 11) is 1.37. The Morgan fingerprint density at radius 2 is 2.12 bits per heavy atom. The molecule has 2 heterocycles. The van der Waals surface area contributed by atoms with Gasteiger partial charge in [0.2, 0.25) is 0 Å². The van der Waals surface area contributed by atoms with Gasteiger partial charge in [0.15, 0.2) is 6.29 Å². The van der Waals surface area contributed by atoms with E-state index in [2.05, 4.69) is 4.90 Å². The average molecular weight is 335 g/mol. The molecule has 6 heteroatoms. The number of carbonyl (C=O) groups excluding carboxylic acids is 1. The highest BCUT2D eigenvalue weighted by Crippen LogP contribution is 2.24. The smallest absolute Gasteiger partial charge is 0.337 e. The molecule has 1 aromatic carbocycles. The molecule has 0 bridgehead atoms. The normalized spacial score (nSPS) is 22.5. The Morgan fingerprint density at radius 1 is 1.29 bits per heavy atom. The molecule has 0 spiro atoms. The number of methoxy groups -OCH3 is 1. The third-order valence-corrected chi connectivity index (χ3v) is 4.53. The summed E-state index contributed by atoms with van der Waals surface area (Å²) in [6.45, 7) is 3.79. The minimum atomic E-state index is -0.355. The maximum absolute atomic E-state index is 11.6. The zero-order valence-electron chi connectivity index (χ0n) is 14.1. The van der Waals surface area contributed by atoms with E-state index in [1.54, 1.807) is 18.2 Å². The molecule has 1 aromatic rings. The van der Waals surface area contributed by atoms with Crippen LogP contribution < -0.4 is 4.74 Å². The van der Waals surface area contributed by atoms with Crippen LogP contribution in [0.1, 0.15) is 29.6 Å². The monoisotopic (exact) mass is 335 g/mol. The fourth-order valence-corrected chi connectivity index (χ4v) is 3.31. The van der Waals surface area contributed by atoms with Crippen LogP contribution in [0.25, 0.3) is 0 Å². The van der Waals surface area contributed by atoms with Gasteiger partial charge in [-0.25, -0.2) is 4.79 Å². The summed E-state index contributed by atoms with van der Waals surface area (Å²) < 4.78 is 21.9. The zero-order valence-corrected chi connectivity index (χ0v) is 14.1. The predicted molar refractivity (Wildman–Crippen MR) is 88.2 cm³/mol. The third-order valence-electron chi connectivity index (χ3n) is 4.53. The second-order valence-corrected chi connectivity index (χ2v) is 6.08. The lowest BCUT2D eigenvalue weighted by molar-refractivity contribution is -0.110. The fraction of sp³-hybridized carbons (Fsp3) is 0.611. The van der Waals surface area contributed by atoms with Crippen LogP contribution in [0.15, 0.2) is 24.3 Å². The summed E-state index contributed by atoms with van der Waals surface area (Å²) in [6, 6.07) is 7.39. The summed E-state index contributed by atoms with van der Waals surface area (Å²) in [4.78, 5) is 14.0. The molecule has 2 saturated heterocycles. The summed E-state index contributed by atoms with van der Waals surface area (Å²) >= 11 is 0. The number of carbonyl (C=O) groups is 1. The Labute approximate surface area is 142 Å². The van der Waals surface area contributed by atoms with Gasteiger partial charge in [0.05, 0.1) is 31.9 Å². The molecule has 0 aliphatic carbocycles. The van der Waals surface area contributed by atoms with E-state index in [1.165, 1.54) is 20.0 Å². The lowest BCUT2D eigenvalue weighted by Gasteiger charge is -2.37. The van der Waals surface area contributed by atoms with Crippen LogP contribution in [0.2, 0.25) is 0 Å². The zero-order chi connectivity index (χ0) is 16.8. The van der Waals surface area contributed by atoms with Crippen LogP contribution in [-0.4, -0.2) is 63.2 Å². The molecule has 0 N–H and O–H groups in total. The topological polar surface area (TPSA) is 57.2 Å². The number of piperidine rings is 1. The molecule has 3 rings (SSSR count). The minimum absolute atomic E-state index is 0.104. The fourth-order valence-electron chi connectivity index (χ4n) is 3.31. The lowest BCUT2D eigenvalue weighted by atomic mass is 10.0. The van der Waals surface area contributed by atoms with Gasteiger partial charge in [-0.15, -0.1) is 0 Å². The van der Waals surface area contributed by atoms with Crippen LogP contribution in [0.4, 0.5) is 0 Å². The first-order chi connectivity index (χ1) is 11.8. The molecule has 6 nitrogen and oxygen atoms in total. The SMILES string of the molecule is COC(=O)c1cccc(OCCN2CCCCC2C2OCCO2)c1. The van der Waals surface area contributed by atoms with Crippen molar-refractivity contribution in [2.45, 2.75) is 31.6 Å². The molecule has 1 atom stereocenters. The third kappa shape index (κ3) is 4.26. The van der Waals surface area contributed by atoms with E-state index in [0.717, 1.165) is 19.5 Å². The Kier molecular flexibility index (Phi) is 6.07. The maximum Gasteiger partial charge on any atom is 0.337 e. The van der Waals surface area contributed by atoms with Crippen molar-refractivity contribution in [1.29, 1.82) is 0 Å². The Morgan fingerprint density at radius 3 is 2.92 bits per heavy atom. The molecule has 2 fully saturated rings. The number of rotatable bonds is 6. The molecule has 24 heavy (non-hydrogen) atoms. The first-order valence-electron chi connectivity index (χ1n) is 8.56. The van der Waals surface area contributed by atoms with E-state index < -0.39 is 0 Å². The van der Waals surface area contributed by atoms with E-state index in [0.29, 0.717) is 37.2 Å². The number of ether oxygens (including phenoxy) is 4. The van der Waals surface area contributed by atoms with E-state index >= 15 is 0 Å². The van der Waals surface area contributed by atoms with Crippen LogP contribution >= 0.6 is 0 Å². The van der Waals surface area contributed by atoms with Crippen LogP contribution in [0, 0.1) is 0 Å². The molecule has 0 saturated carbocycles. The van der Waals surface area contributed by atoms with Crippen molar-refractivity contribution in [3.63, 3.8) is 0 Å². The largest absolute Gasteiger partial charge is 0.492 e. The average Bonchev–Trinajstić information content (AvgIpc) is 3.16. The van der Waals surface area contributed by atoms with Crippen molar-refractivity contribution < 1.29 is 23.7 Å². The standard InChI is InChI=1S/C18H25NO5/c1-21-17(20)14-5-4-6-15(13-14)22-10-9-19-8-3-2-7-16(19)18-23-11-12-24-18/h4-6,13,16,18H,2-3,7-12H2,1H3. The highest BCUT2D eigenvalue weighted by Gasteiger charge is 2.33. The van der Waals surface area contributed by atoms with Crippen molar-refractivity contribution in [1.82, 2.24) is 4.90 Å². The molecule has 2 aliphatic rings. The number of likely N-dealkylation sites (tertiary alicyclic amines) is 1. The summed E-state index contributed by atoms with van der Waals surface area (Å²) in [5, 5.41) is 0. The van der Waals surface area contributed by atoms with Gasteiger partial charge in [0.1, 0.15) is 12.4 Å². The summed E-state index contributed by atoms with van der Waals surface area (Å²) in [5.74, 6) is 0.326. The number of hydrogen-bond acceptors (Lipinski definition) is 6. The van der Waals surface area contributed by atoms with Crippen molar-refractivity contribution >= 4 is 5.97 Å². The molecular weight excluding hydrogens is 310 g/mol. The maximum atomic E-state index is 11.6. The highest BCUT2D eigenvalue weighted by atomic mass is 16.7. The molecule has 0 radical (unpaired) electrons. The Hall–Kier alpha value is -1.63. The summed E-state index contributed by atoms with van der Waals surface area (Å²) in [5.41, 5.74) is 0.499. The van der Waals surface area contributed by atoms with Gasteiger partial charge in [-0.2, -0.15) is 0 Å². The van der Waals surface area contributed by atoms with Crippen molar-refractivity contribution in [2.24, 2.45) is 0 Å². The number of benzene rings is 1. The first-order valence-corrected chi connectivity index (χ1v) is 8.56. The van der Waals surface area contributed by atoms with E-state index in [1.807, 2.05) is 6.07 Å². The van der Waals surface area contributed by atoms with Gasteiger partial charge >= 0.3 is 5.97 Å². The molecular formula is C18H25NO5. The van der Waals surface area contributed by atoms with Crippen LogP contribution in [0.3, 0.4) is 0 Å². The minimum Gasteiger partial charge on any atom is -0.492 e. The van der Waals surface area contributed by atoms with Crippen molar-refractivity contribution in [3.8, 4) is 5.75 Å². The second kappa shape index (κ2) is 8.46. The van der Waals surface area contributed by atoms with E-state index in [4.69, 9.17) is 18.9 Å². The van der Waals surface area contributed by atoms with Gasteiger partial charge in [-0.05, 0) is 37.6 Å². The second-order valence-electron chi connectivity index (χ2n) is 6.08. The van der Waals surface area contributed by atoms with Gasteiger partial charge in [-0.3, -0.25) is 4.90 Å². The quantitative estimate of drug-likeness (QED) is 0.742. The van der Waals surface area contributed by atoms with E-state index in [9.17, 15) is 4.79 Å². The number of hydrogen-bond donors (Lipinski definition) is 0. The van der Waals surface area contributed by atoms with Crippen molar-refractivity contribution in [2.75, 3.05) is 40.0 Å². The number of nitrogens with zero attached hydrogens (tertiary/aromatic N) is 1. The predicted octanol–water partition coefficient (Wildman–Crippen LogP) is 2.08. The Balaban J connectivity index is 1.52. The van der Waals surface area contributed by atoms with E-state index in [-0.39, 0.29) is 12.3 Å². The van der Waals surface area contributed by atoms with Crippen LogP contribution in [-0.2, 0) is 14.2 Å². The van der Waals surface area contributed by atoms with Gasteiger partial charge < -0.3 is 18.9 Å². The Bertz CT molecular complexity index is 544. The van der Waals surface area contributed by atoms with Crippen molar-refractivity contribution in [3.05, 3.63) is 29.8 Å². The molecule has 1 unspecified atom stereocenters. The molecule has 0 aromatic heterocycles. The molecule has 0 amide bonds. The molecule has 132 valence electrons. The summed E-state index contributed by atoms with van der Waals surface area (Å²) in [6.07, 6.45) is 3.41. The van der Waals surface area contributed by atoms with Gasteiger partial charge in [-0.1, -0.05) is 12.5 Å². The highest BCUT2D eigenvalue weighted by molar-refractivity contribution is 5.89.